The molecule has 2 N–H and O–H groups in total. The van der Waals surface area contributed by atoms with Gasteiger partial charge in [-0.25, -0.2) is 13.1 Å². The Bertz CT molecular complexity index is 525. The molecule has 1 aromatic rings. The van der Waals surface area contributed by atoms with E-state index in [1.807, 2.05) is 6.92 Å². The van der Waals surface area contributed by atoms with Crippen molar-refractivity contribution in [2.24, 2.45) is 0 Å². The number of halogens is 3. The molecule has 0 saturated carbocycles. The predicted molar refractivity (Wildman–Crippen MR) is 77.6 cm³/mol. The fourth-order valence-corrected chi connectivity index (χ4v) is 4.47. The molecule has 0 aliphatic rings. The third kappa shape index (κ3) is 4.48. The zero-order valence-corrected chi connectivity index (χ0v) is 13.2. The Morgan fingerprint density at radius 3 is 2.21 bits per heavy atom. The van der Waals surface area contributed by atoms with Crippen LogP contribution < -0.4 is 4.72 Å². The van der Waals surface area contributed by atoms with Crippen molar-refractivity contribution in [1.29, 1.82) is 0 Å². The molecule has 8 heteroatoms. The Hall–Kier alpha value is -0.0400. The van der Waals surface area contributed by atoms with Crippen molar-refractivity contribution < 1.29 is 13.5 Å². The molecule has 0 spiro atoms. The molecule has 0 saturated heterocycles. The number of hydrogen-bond acceptors (Lipinski definition) is 3. The molecular weight excluding hydrogens is 333 g/mol. The highest BCUT2D eigenvalue weighted by Gasteiger charge is 2.24. The van der Waals surface area contributed by atoms with Crippen molar-refractivity contribution in [1.82, 2.24) is 4.72 Å². The summed E-state index contributed by atoms with van der Waals surface area (Å²) in [6.45, 7) is 1.71. The minimum Gasteiger partial charge on any atom is -0.396 e. The highest BCUT2D eigenvalue weighted by molar-refractivity contribution is 7.89. The molecule has 4 nitrogen and oxygen atoms in total. The number of benzene rings is 1. The van der Waals surface area contributed by atoms with Crippen LogP contribution in [0.15, 0.2) is 17.0 Å². The van der Waals surface area contributed by atoms with Gasteiger partial charge in [0.25, 0.3) is 0 Å². The highest BCUT2D eigenvalue weighted by Crippen LogP contribution is 2.32. The number of hydrogen-bond donors (Lipinski definition) is 2. The van der Waals surface area contributed by atoms with Gasteiger partial charge in [-0.1, -0.05) is 41.7 Å². The van der Waals surface area contributed by atoms with E-state index < -0.39 is 10.0 Å². The summed E-state index contributed by atoms with van der Waals surface area (Å²) >= 11 is 17.5. The number of nitrogens with one attached hydrogen (secondary N) is 1. The molecule has 0 aliphatic carbocycles. The first kappa shape index (κ1) is 17.0. The molecular formula is C11H14Cl3NO3S. The van der Waals surface area contributed by atoms with Crippen molar-refractivity contribution in [2.45, 2.75) is 30.7 Å². The van der Waals surface area contributed by atoms with Gasteiger partial charge in [0.15, 0.2) is 0 Å². The molecule has 0 bridgehead atoms. The number of sulfonamides is 1. The third-order valence-electron chi connectivity index (χ3n) is 2.52. The second-order valence-electron chi connectivity index (χ2n) is 3.94. The van der Waals surface area contributed by atoms with E-state index in [1.54, 1.807) is 0 Å². The summed E-state index contributed by atoms with van der Waals surface area (Å²) in [6, 6.07) is 2.26. The Labute approximate surface area is 127 Å². The number of rotatable bonds is 6. The molecule has 19 heavy (non-hydrogen) atoms. The smallest absolute Gasteiger partial charge is 0.243 e. The van der Waals surface area contributed by atoms with Crippen molar-refractivity contribution >= 4 is 44.8 Å². The van der Waals surface area contributed by atoms with Gasteiger partial charge in [-0.3, -0.25) is 0 Å². The monoisotopic (exact) mass is 345 g/mol. The van der Waals surface area contributed by atoms with Gasteiger partial charge in [-0.05, 0) is 25.0 Å². The van der Waals surface area contributed by atoms with E-state index in [4.69, 9.17) is 39.9 Å². The van der Waals surface area contributed by atoms with Crippen LogP contribution in [0.25, 0.3) is 0 Å². The maximum atomic E-state index is 12.2. The molecule has 0 aliphatic heterocycles. The lowest BCUT2D eigenvalue weighted by molar-refractivity contribution is 0.270. The van der Waals surface area contributed by atoms with E-state index in [1.165, 1.54) is 12.1 Å². The molecule has 108 valence electrons. The van der Waals surface area contributed by atoms with Crippen molar-refractivity contribution in [3.8, 4) is 0 Å². The maximum absolute atomic E-state index is 12.2. The number of aliphatic hydroxyl groups is 1. The van der Waals surface area contributed by atoms with Crippen LogP contribution >= 0.6 is 34.8 Å². The first-order chi connectivity index (χ1) is 8.81. The molecule has 1 unspecified atom stereocenters. The van der Waals surface area contributed by atoms with Crippen LogP contribution in [0.2, 0.25) is 15.1 Å². The van der Waals surface area contributed by atoms with Gasteiger partial charge in [0.2, 0.25) is 10.0 Å². The van der Waals surface area contributed by atoms with Gasteiger partial charge in [0.05, 0.1) is 10.0 Å². The average Bonchev–Trinajstić information content (AvgIpc) is 2.25. The summed E-state index contributed by atoms with van der Waals surface area (Å²) in [4.78, 5) is -0.198. The van der Waals surface area contributed by atoms with E-state index in [0.717, 1.165) is 0 Å². The highest BCUT2D eigenvalue weighted by atomic mass is 35.5. The summed E-state index contributed by atoms with van der Waals surface area (Å²) in [7, 11) is -3.86. The fourth-order valence-electron chi connectivity index (χ4n) is 1.57. The van der Waals surface area contributed by atoms with Gasteiger partial charge in [0.1, 0.15) is 4.90 Å². The summed E-state index contributed by atoms with van der Waals surface area (Å²) in [6.07, 6.45) is 0.862. The van der Waals surface area contributed by atoms with Crippen LogP contribution in [0.3, 0.4) is 0 Å². The summed E-state index contributed by atoms with van der Waals surface area (Å²) in [5, 5.41) is 9.06. The number of aliphatic hydroxyl groups excluding tert-OH is 1. The van der Waals surface area contributed by atoms with Crippen molar-refractivity contribution in [2.75, 3.05) is 6.61 Å². The van der Waals surface area contributed by atoms with Crippen molar-refractivity contribution in [3.63, 3.8) is 0 Å². The largest absolute Gasteiger partial charge is 0.396 e. The summed E-state index contributed by atoms with van der Waals surface area (Å²) in [5.41, 5.74) is 0. The van der Waals surface area contributed by atoms with Gasteiger partial charge in [-0.15, -0.1) is 0 Å². The first-order valence-corrected chi connectivity index (χ1v) is 8.21. The summed E-state index contributed by atoms with van der Waals surface area (Å²) < 4.78 is 26.9. The molecule has 1 rings (SSSR count). The van der Waals surface area contributed by atoms with Gasteiger partial charge >= 0.3 is 0 Å². The lowest BCUT2D eigenvalue weighted by atomic mass is 10.2. The Morgan fingerprint density at radius 1 is 1.26 bits per heavy atom. The fraction of sp³-hybridized carbons (Fsp3) is 0.455. The van der Waals surface area contributed by atoms with E-state index in [2.05, 4.69) is 4.72 Å². The normalized spacial score (nSPS) is 13.5. The molecule has 0 radical (unpaired) electrons. The first-order valence-electron chi connectivity index (χ1n) is 5.59. The molecule has 1 aromatic carbocycles. The van der Waals surface area contributed by atoms with Crippen LogP contribution in [0, 0.1) is 0 Å². The van der Waals surface area contributed by atoms with Crippen LogP contribution in [0.1, 0.15) is 19.8 Å². The molecule has 1 atom stereocenters. The average molecular weight is 347 g/mol. The van der Waals surface area contributed by atoms with E-state index in [0.29, 0.717) is 12.8 Å². The van der Waals surface area contributed by atoms with Crippen LogP contribution in [0.5, 0.6) is 0 Å². The lowest BCUT2D eigenvalue weighted by Crippen LogP contribution is -2.35. The standard InChI is InChI=1S/C11H14Cl3NO3S/c1-2-8(3-4-16)15-19(17,18)11-9(13)5-7(12)6-10(11)14/h5-6,8,15-16H,2-4H2,1H3. The third-order valence-corrected chi connectivity index (χ3v) is 5.18. The van der Waals surface area contributed by atoms with Crippen LogP contribution in [-0.2, 0) is 10.0 Å². The maximum Gasteiger partial charge on any atom is 0.243 e. The Morgan fingerprint density at radius 2 is 1.79 bits per heavy atom. The van der Waals surface area contributed by atoms with Gasteiger partial charge in [0, 0.05) is 17.7 Å². The predicted octanol–water partition coefficient (Wildman–Crippen LogP) is 3.09. The van der Waals surface area contributed by atoms with Crippen LogP contribution in [0.4, 0.5) is 0 Å². The van der Waals surface area contributed by atoms with Gasteiger partial charge < -0.3 is 5.11 Å². The molecule has 0 fully saturated rings. The lowest BCUT2D eigenvalue weighted by Gasteiger charge is -2.17. The van der Waals surface area contributed by atoms with Crippen LogP contribution in [-0.4, -0.2) is 26.2 Å². The van der Waals surface area contributed by atoms with E-state index in [9.17, 15) is 8.42 Å². The Kier molecular flexibility index (Phi) is 6.36. The van der Waals surface area contributed by atoms with Crippen molar-refractivity contribution in [3.05, 3.63) is 27.2 Å². The minimum atomic E-state index is -3.86. The zero-order chi connectivity index (χ0) is 14.6. The quantitative estimate of drug-likeness (QED) is 0.832. The van der Waals surface area contributed by atoms with E-state index in [-0.39, 0.29) is 32.6 Å². The molecule has 0 amide bonds. The SMILES string of the molecule is CCC(CCO)NS(=O)(=O)c1c(Cl)cc(Cl)cc1Cl. The second kappa shape index (κ2) is 7.11. The van der Waals surface area contributed by atoms with Gasteiger partial charge in [-0.2, -0.15) is 0 Å². The molecule has 0 aromatic heterocycles. The zero-order valence-electron chi connectivity index (χ0n) is 10.2. The van der Waals surface area contributed by atoms with E-state index >= 15 is 0 Å². The molecule has 0 heterocycles. The summed E-state index contributed by atoms with van der Waals surface area (Å²) in [5.74, 6) is 0. The Balaban J connectivity index is 3.14. The topological polar surface area (TPSA) is 66.4 Å². The second-order valence-corrected chi connectivity index (χ2v) is 6.84. The minimum absolute atomic E-state index is 0.0381.